The lowest BCUT2D eigenvalue weighted by atomic mass is 10.1. The van der Waals surface area contributed by atoms with Crippen molar-refractivity contribution in [3.8, 4) is 0 Å². The minimum atomic E-state index is -1.23. The van der Waals surface area contributed by atoms with Crippen LogP contribution in [-0.2, 0) is 6.54 Å². The number of benzene rings is 1. The molecule has 0 saturated carbocycles. The van der Waals surface area contributed by atoms with E-state index in [0.29, 0.717) is 6.54 Å². The monoisotopic (exact) mass is 239 g/mol. The smallest absolute Gasteiger partial charge is 0.338 e. The van der Waals surface area contributed by atoms with Crippen molar-refractivity contribution in [2.75, 3.05) is 6.54 Å². The third-order valence-electron chi connectivity index (χ3n) is 2.55. The molecule has 0 heterocycles. The van der Waals surface area contributed by atoms with E-state index in [2.05, 4.69) is 12.2 Å². The standard InChI is InChI=1S/C13H18FNO2/c1-2-3-4-7-15-9-10-5-6-11(13(16)17)12(14)8-10/h5-6,8,15H,2-4,7,9H2,1H3,(H,16,17). The molecule has 17 heavy (non-hydrogen) atoms. The zero-order valence-electron chi connectivity index (χ0n) is 10.0. The second-order valence-corrected chi connectivity index (χ2v) is 4.00. The van der Waals surface area contributed by atoms with E-state index >= 15 is 0 Å². The molecule has 0 radical (unpaired) electrons. The van der Waals surface area contributed by atoms with Gasteiger partial charge in [-0.25, -0.2) is 9.18 Å². The van der Waals surface area contributed by atoms with Gasteiger partial charge in [-0.1, -0.05) is 25.8 Å². The topological polar surface area (TPSA) is 49.3 Å². The highest BCUT2D eigenvalue weighted by molar-refractivity contribution is 5.87. The number of halogens is 1. The predicted molar refractivity (Wildman–Crippen MR) is 64.6 cm³/mol. The lowest BCUT2D eigenvalue weighted by Gasteiger charge is -2.05. The molecule has 0 spiro atoms. The minimum absolute atomic E-state index is 0.278. The Hall–Kier alpha value is -1.42. The minimum Gasteiger partial charge on any atom is -0.478 e. The van der Waals surface area contributed by atoms with Crippen LogP contribution in [0.2, 0.25) is 0 Å². The fourth-order valence-electron chi connectivity index (χ4n) is 1.57. The van der Waals surface area contributed by atoms with Crippen LogP contribution in [0.4, 0.5) is 4.39 Å². The largest absolute Gasteiger partial charge is 0.478 e. The van der Waals surface area contributed by atoms with E-state index in [1.165, 1.54) is 25.0 Å². The van der Waals surface area contributed by atoms with Crippen LogP contribution in [0.1, 0.15) is 42.1 Å². The van der Waals surface area contributed by atoms with Crippen molar-refractivity contribution in [1.82, 2.24) is 5.32 Å². The number of carboxylic acid groups (broad SMARTS) is 1. The van der Waals surface area contributed by atoms with Crippen LogP contribution in [0, 0.1) is 5.82 Å². The summed E-state index contributed by atoms with van der Waals surface area (Å²) in [6.07, 6.45) is 3.45. The molecule has 1 rings (SSSR count). The highest BCUT2D eigenvalue weighted by Crippen LogP contribution is 2.10. The van der Waals surface area contributed by atoms with Gasteiger partial charge in [-0.3, -0.25) is 0 Å². The van der Waals surface area contributed by atoms with Gasteiger partial charge in [-0.05, 0) is 30.7 Å². The second-order valence-electron chi connectivity index (χ2n) is 4.00. The van der Waals surface area contributed by atoms with Crippen LogP contribution in [0.25, 0.3) is 0 Å². The Kier molecular flexibility index (Phi) is 5.63. The molecule has 1 aromatic carbocycles. The number of rotatable bonds is 7. The number of carboxylic acids is 1. The Morgan fingerprint density at radius 1 is 1.41 bits per heavy atom. The highest BCUT2D eigenvalue weighted by atomic mass is 19.1. The van der Waals surface area contributed by atoms with Gasteiger partial charge in [0.15, 0.2) is 0 Å². The van der Waals surface area contributed by atoms with Crippen molar-refractivity contribution in [2.24, 2.45) is 0 Å². The Bertz CT molecular complexity index is 380. The quantitative estimate of drug-likeness (QED) is 0.719. The molecule has 0 aliphatic carbocycles. The number of carbonyl (C=O) groups is 1. The van der Waals surface area contributed by atoms with Gasteiger partial charge in [0.25, 0.3) is 0 Å². The highest BCUT2D eigenvalue weighted by Gasteiger charge is 2.09. The molecule has 2 N–H and O–H groups in total. The van der Waals surface area contributed by atoms with E-state index in [0.717, 1.165) is 18.5 Å². The molecule has 0 aliphatic rings. The van der Waals surface area contributed by atoms with Crippen molar-refractivity contribution < 1.29 is 14.3 Å². The molecule has 0 bridgehead atoms. The van der Waals surface area contributed by atoms with Crippen LogP contribution in [0.3, 0.4) is 0 Å². The first-order valence-corrected chi connectivity index (χ1v) is 5.87. The first-order valence-electron chi connectivity index (χ1n) is 5.87. The molecule has 1 aromatic rings. The maximum absolute atomic E-state index is 13.3. The zero-order valence-corrected chi connectivity index (χ0v) is 10.0. The molecule has 0 aliphatic heterocycles. The van der Waals surface area contributed by atoms with Crippen LogP contribution in [0.5, 0.6) is 0 Å². The number of unbranched alkanes of at least 4 members (excludes halogenated alkanes) is 2. The molecule has 0 unspecified atom stereocenters. The summed E-state index contributed by atoms with van der Waals surface area (Å²) in [5, 5.41) is 11.9. The van der Waals surface area contributed by atoms with Crippen LogP contribution in [-0.4, -0.2) is 17.6 Å². The van der Waals surface area contributed by atoms with Crippen molar-refractivity contribution in [3.63, 3.8) is 0 Å². The number of aromatic carboxylic acids is 1. The number of hydrogen-bond donors (Lipinski definition) is 2. The molecule has 0 aromatic heterocycles. The second kappa shape index (κ2) is 7.01. The normalized spacial score (nSPS) is 10.5. The molecular formula is C13H18FNO2. The molecule has 4 heteroatoms. The van der Waals surface area contributed by atoms with E-state index in [1.807, 2.05) is 0 Å². The SMILES string of the molecule is CCCCCNCc1ccc(C(=O)O)c(F)c1. The van der Waals surface area contributed by atoms with Crippen molar-refractivity contribution >= 4 is 5.97 Å². The van der Waals surface area contributed by atoms with Crippen molar-refractivity contribution in [3.05, 3.63) is 35.1 Å². The third kappa shape index (κ3) is 4.53. The van der Waals surface area contributed by atoms with E-state index in [4.69, 9.17) is 5.11 Å². The van der Waals surface area contributed by atoms with Gasteiger partial charge in [0.05, 0.1) is 5.56 Å². The fourth-order valence-corrected chi connectivity index (χ4v) is 1.57. The zero-order chi connectivity index (χ0) is 12.7. The molecular weight excluding hydrogens is 221 g/mol. The van der Waals surface area contributed by atoms with Gasteiger partial charge in [-0.15, -0.1) is 0 Å². The van der Waals surface area contributed by atoms with E-state index < -0.39 is 11.8 Å². The summed E-state index contributed by atoms with van der Waals surface area (Å²) in [7, 11) is 0. The maximum atomic E-state index is 13.3. The number of nitrogens with one attached hydrogen (secondary N) is 1. The summed E-state index contributed by atoms with van der Waals surface area (Å²) in [4.78, 5) is 10.6. The maximum Gasteiger partial charge on any atom is 0.338 e. The van der Waals surface area contributed by atoms with Crippen LogP contribution >= 0.6 is 0 Å². The third-order valence-corrected chi connectivity index (χ3v) is 2.55. The molecule has 94 valence electrons. The summed E-state index contributed by atoms with van der Waals surface area (Å²) in [5.74, 6) is -1.91. The average molecular weight is 239 g/mol. The van der Waals surface area contributed by atoms with E-state index in [-0.39, 0.29) is 5.56 Å². The van der Waals surface area contributed by atoms with Crippen LogP contribution < -0.4 is 5.32 Å². The lowest BCUT2D eigenvalue weighted by molar-refractivity contribution is 0.0692. The van der Waals surface area contributed by atoms with Gasteiger partial charge in [0.2, 0.25) is 0 Å². The first-order chi connectivity index (χ1) is 8.15. The van der Waals surface area contributed by atoms with E-state index in [1.54, 1.807) is 6.07 Å². The van der Waals surface area contributed by atoms with Gasteiger partial charge in [-0.2, -0.15) is 0 Å². The molecule has 3 nitrogen and oxygen atoms in total. The number of hydrogen-bond acceptors (Lipinski definition) is 2. The molecule has 0 amide bonds. The summed E-state index contributed by atoms with van der Waals surface area (Å²) >= 11 is 0. The van der Waals surface area contributed by atoms with Gasteiger partial charge >= 0.3 is 5.97 Å². The molecule has 0 atom stereocenters. The van der Waals surface area contributed by atoms with E-state index in [9.17, 15) is 9.18 Å². The fraction of sp³-hybridized carbons (Fsp3) is 0.462. The average Bonchev–Trinajstić information content (AvgIpc) is 2.28. The van der Waals surface area contributed by atoms with Gasteiger partial charge in [0.1, 0.15) is 5.82 Å². The summed E-state index contributed by atoms with van der Waals surface area (Å²) in [6, 6.07) is 4.22. The Balaban J connectivity index is 2.45. The molecule has 0 fully saturated rings. The Labute approximate surface area is 101 Å². The van der Waals surface area contributed by atoms with Crippen LogP contribution in [0.15, 0.2) is 18.2 Å². The first kappa shape index (κ1) is 13.6. The Morgan fingerprint density at radius 2 is 2.18 bits per heavy atom. The predicted octanol–water partition coefficient (Wildman–Crippen LogP) is 2.80. The molecule has 0 saturated heterocycles. The Morgan fingerprint density at radius 3 is 2.76 bits per heavy atom. The van der Waals surface area contributed by atoms with Gasteiger partial charge < -0.3 is 10.4 Å². The lowest BCUT2D eigenvalue weighted by Crippen LogP contribution is -2.15. The van der Waals surface area contributed by atoms with Crippen molar-refractivity contribution in [2.45, 2.75) is 32.7 Å². The van der Waals surface area contributed by atoms with Gasteiger partial charge in [0, 0.05) is 6.54 Å². The van der Waals surface area contributed by atoms with Crippen molar-refractivity contribution in [1.29, 1.82) is 0 Å². The summed E-state index contributed by atoms with van der Waals surface area (Å²) < 4.78 is 13.3. The summed E-state index contributed by atoms with van der Waals surface area (Å²) in [6.45, 7) is 3.61. The summed E-state index contributed by atoms with van der Waals surface area (Å²) in [5.41, 5.74) is 0.490.